The summed E-state index contributed by atoms with van der Waals surface area (Å²) in [5.74, 6) is -1.51. The summed E-state index contributed by atoms with van der Waals surface area (Å²) in [5.41, 5.74) is 3.27. The van der Waals surface area contributed by atoms with Gasteiger partial charge in [0.2, 0.25) is 0 Å². The van der Waals surface area contributed by atoms with E-state index in [1.54, 1.807) is 0 Å². The maximum Gasteiger partial charge on any atom is 0.335 e. The molecule has 2 aliphatic rings. The molecular formula is C22H21N3O3. The fourth-order valence-corrected chi connectivity index (χ4v) is 3.53. The van der Waals surface area contributed by atoms with Gasteiger partial charge in [-0.2, -0.15) is 0 Å². The van der Waals surface area contributed by atoms with Crippen LogP contribution in [0, 0.1) is 0 Å². The topological polar surface area (TPSA) is 60.9 Å². The lowest BCUT2D eigenvalue weighted by Crippen LogP contribution is -2.43. The van der Waals surface area contributed by atoms with E-state index in [1.807, 2.05) is 53.4 Å². The molecule has 0 atom stereocenters. The van der Waals surface area contributed by atoms with Crippen LogP contribution in [0.3, 0.4) is 0 Å². The summed E-state index contributed by atoms with van der Waals surface area (Å²) in [5, 5.41) is 0. The van der Waals surface area contributed by atoms with Crippen LogP contribution in [0.5, 0.6) is 0 Å². The lowest BCUT2D eigenvalue weighted by atomic mass is 10.00. The first-order chi connectivity index (χ1) is 13.6. The first-order valence-electron chi connectivity index (χ1n) is 9.31. The molecule has 2 aromatic carbocycles. The van der Waals surface area contributed by atoms with Crippen molar-refractivity contribution in [3.63, 3.8) is 0 Å². The molecule has 6 heteroatoms. The molecule has 4 amide bonds. The standard InChI is InChI=1S/C22H21N3O3/c26-20-21(27)25(22(28)24(20)15-17-7-3-1-4-8-17)16-23-13-11-19(12-14-23)18-9-5-2-6-10-18/h1-11H,12-16H2. The van der Waals surface area contributed by atoms with Gasteiger partial charge < -0.3 is 0 Å². The van der Waals surface area contributed by atoms with Crippen LogP contribution in [0.2, 0.25) is 0 Å². The molecule has 0 spiro atoms. The van der Waals surface area contributed by atoms with Gasteiger partial charge in [-0.25, -0.2) is 9.69 Å². The molecule has 0 radical (unpaired) electrons. The number of hydrogen-bond donors (Lipinski definition) is 0. The highest BCUT2D eigenvalue weighted by Crippen LogP contribution is 2.23. The van der Waals surface area contributed by atoms with E-state index >= 15 is 0 Å². The van der Waals surface area contributed by atoms with Crippen LogP contribution in [-0.2, 0) is 16.1 Å². The van der Waals surface area contributed by atoms with E-state index in [4.69, 9.17) is 0 Å². The van der Waals surface area contributed by atoms with Crippen molar-refractivity contribution in [2.75, 3.05) is 19.8 Å². The third-order valence-electron chi connectivity index (χ3n) is 5.10. The lowest BCUT2D eigenvalue weighted by Gasteiger charge is -2.29. The van der Waals surface area contributed by atoms with Crippen molar-refractivity contribution in [3.05, 3.63) is 77.9 Å². The van der Waals surface area contributed by atoms with Crippen molar-refractivity contribution in [2.45, 2.75) is 13.0 Å². The Kier molecular flexibility index (Phi) is 5.04. The number of carbonyl (C=O) groups excluding carboxylic acids is 3. The molecular weight excluding hydrogens is 354 g/mol. The van der Waals surface area contributed by atoms with E-state index in [1.165, 1.54) is 11.1 Å². The van der Waals surface area contributed by atoms with Crippen molar-refractivity contribution in [2.24, 2.45) is 0 Å². The van der Waals surface area contributed by atoms with E-state index in [-0.39, 0.29) is 13.2 Å². The van der Waals surface area contributed by atoms with Gasteiger partial charge in [-0.05, 0) is 23.1 Å². The minimum absolute atomic E-state index is 0.110. The van der Waals surface area contributed by atoms with Crippen LogP contribution >= 0.6 is 0 Å². The average molecular weight is 375 g/mol. The van der Waals surface area contributed by atoms with E-state index < -0.39 is 17.8 Å². The second-order valence-electron chi connectivity index (χ2n) is 6.96. The fraction of sp³-hybridized carbons (Fsp3) is 0.227. The van der Waals surface area contributed by atoms with Crippen molar-refractivity contribution in [1.29, 1.82) is 0 Å². The van der Waals surface area contributed by atoms with Gasteiger partial charge >= 0.3 is 17.8 Å². The second-order valence-corrected chi connectivity index (χ2v) is 6.96. The Bertz CT molecular complexity index is 925. The lowest BCUT2D eigenvalue weighted by molar-refractivity contribution is -0.144. The van der Waals surface area contributed by atoms with Crippen LogP contribution in [0.25, 0.3) is 5.57 Å². The number of amides is 4. The summed E-state index contributed by atoms with van der Waals surface area (Å²) in [6, 6.07) is 18.8. The molecule has 28 heavy (non-hydrogen) atoms. The number of nitrogens with zero attached hydrogens (tertiary/aromatic N) is 3. The van der Waals surface area contributed by atoms with Gasteiger partial charge in [-0.3, -0.25) is 19.4 Å². The number of hydrogen-bond acceptors (Lipinski definition) is 4. The van der Waals surface area contributed by atoms with E-state index in [2.05, 4.69) is 18.2 Å². The summed E-state index contributed by atoms with van der Waals surface area (Å²) >= 11 is 0. The van der Waals surface area contributed by atoms with Crippen molar-refractivity contribution >= 4 is 23.4 Å². The van der Waals surface area contributed by atoms with Crippen LogP contribution in [0.4, 0.5) is 4.79 Å². The van der Waals surface area contributed by atoms with Gasteiger partial charge in [0.1, 0.15) is 0 Å². The van der Waals surface area contributed by atoms with E-state index in [0.29, 0.717) is 6.54 Å². The van der Waals surface area contributed by atoms with Gasteiger partial charge in [0, 0.05) is 13.1 Å². The Labute approximate surface area is 163 Å². The van der Waals surface area contributed by atoms with Crippen LogP contribution < -0.4 is 0 Å². The maximum atomic E-state index is 12.7. The zero-order valence-corrected chi connectivity index (χ0v) is 15.5. The highest BCUT2D eigenvalue weighted by molar-refractivity contribution is 6.44. The molecule has 4 rings (SSSR count). The molecule has 0 N–H and O–H groups in total. The number of rotatable bonds is 5. The minimum atomic E-state index is -0.758. The first-order valence-corrected chi connectivity index (χ1v) is 9.31. The second kappa shape index (κ2) is 7.78. The smallest absolute Gasteiger partial charge is 0.281 e. The number of imide groups is 2. The molecule has 0 aliphatic carbocycles. The zero-order valence-electron chi connectivity index (χ0n) is 15.5. The highest BCUT2D eigenvalue weighted by Gasteiger charge is 2.44. The van der Waals surface area contributed by atoms with Crippen molar-refractivity contribution < 1.29 is 14.4 Å². The average Bonchev–Trinajstić information content (AvgIpc) is 2.94. The quantitative estimate of drug-likeness (QED) is 0.596. The predicted molar refractivity (Wildman–Crippen MR) is 105 cm³/mol. The van der Waals surface area contributed by atoms with Crippen molar-refractivity contribution in [1.82, 2.24) is 14.7 Å². The molecule has 2 aliphatic heterocycles. The third kappa shape index (κ3) is 3.59. The van der Waals surface area contributed by atoms with Crippen molar-refractivity contribution in [3.8, 4) is 0 Å². The Hall–Kier alpha value is -3.25. The Morgan fingerprint density at radius 1 is 0.786 bits per heavy atom. The Morgan fingerprint density at radius 3 is 2.07 bits per heavy atom. The largest absolute Gasteiger partial charge is 0.335 e. The molecule has 1 saturated heterocycles. The molecule has 0 saturated carbocycles. The summed E-state index contributed by atoms with van der Waals surface area (Å²) < 4.78 is 0. The number of urea groups is 1. The summed E-state index contributed by atoms with van der Waals surface area (Å²) in [6.07, 6.45) is 2.95. The molecule has 0 bridgehead atoms. The van der Waals surface area contributed by atoms with Gasteiger partial charge in [0.15, 0.2) is 0 Å². The first kappa shape index (κ1) is 18.1. The predicted octanol–water partition coefficient (Wildman–Crippen LogP) is 2.72. The molecule has 0 unspecified atom stereocenters. The summed E-state index contributed by atoms with van der Waals surface area (Å²) in [4.78, 5) is 41.4. The minimum Gasteiger partial charge on any atom is -0.281 e. The molecule has 2 aromatic rings. The Morgan fingerprint density at radius 2 is 1.43 bits per heavy atom. The summed E-state index contributed by atoms with van der Waals surface area (Å²) in [7, 11) is 0. The monoisotopic (exact) mass is 375 g/mol. The molecule has 1 fully saturated rings. The van der Waals surface area contributed by atoms with Gasteiger partial charge in [-0.15, -0.1) is 0 Å². The maximum absolute atomic E-state index is 12.7. The third-order valence-corrected chi connectivity index (χ3v) is 5.10. The van der Waals surface area contributed by atoms with Crippen LogP contribution in [-0.4, -0.2) is 52.3 Å². The molecule has 0 aromatic heterocycles. The van der Waals surface area contributed by atoms with Gasteiger partial charge in [0.25, 0.3) is 0 Å². The number of carbonyl (C=O) groups is 3. The Balaban J connectivity index is 1.41. The van der Waals surface area contributed by atoms with Gasteiger partial charge in [-0.1, -0.05) is 66.7 Å². The summed E-state index contributed by atoms with van der Waals surface area (Å²) in [6.45, 7) is 1.60. The van der Waals surface area contributed by atoms with E-state index in [9.17, 15) is 14.4 Å². The number of benzene rings is 2. The highest BCUT2D eigenvalue weighted by atomic mass is 16.2. The van der Waals surface area contributed by atoms with Crippen LogP contribution in [0.15, 0.2) is 66.7 Å². The molecule has 2 heterocycles. The SMILES string of the molecule is O=C1C(=O)N(CN2CC=C(c3ccccc3)CC2)C(=O)N1Cc1ccccc1. The molecule has 6 nitrogen and oxygen atoms in total. The zero-order chi connectivity index (χ0) is 19.5. The fourth-order valence-electron chi connectivity index (χ4n) is 3.53. The molecule has 142 valence electrons. The van der Waals surface area contributed by atoms with Crippen LogP contribution in [0.1, 0.15) is 17.5 Å². The van der Waals surface area contributed by atoms with Gasteiger partial charge in [0.05, 0.1) is 13.2 Å². The normalized spacial score (nSPS) is 18.0. The van der Waals surface area contributed by atoms with E-state index in [0.717, 1.165) is 28.3 Å².